The highest BCUT2D eigenvalue weighted by atomic mass is 16.1. The van der Waals surface area contributed by atoms with Gasteiger partial charge in [-0.3, -0.25) is 4.79 Å². The van der Waals surface area contributed by atoms with Gasteiger partial charge in [-0.2, -0.15) is 4.98 Å². The maximum absolute atomic E-state index is 11.4. The molecule has 1 amide bonds. The molecule has 1 aromatic rings. The predicted molar refractivity (Wildman–Crippen MR) is 78.6 cm³/mol. The third kappa shape index (κ3) is 3.80. The quantitative estimate of drug-likeness (QED) is 0.675. The van der Waals surface area contributed by atoms with E-state index < -0.39 is 0 Å². The number of nitrogens with zero attached hydrogens (tertiary/aromatic N) is 3. The van der Waals surface area contributed by atoms with Crippen LogP contribution in [0, 0.1) is 0 Å². The molecule has 1 unspecified atom stereocenters. The van der Waals surface area contributed by atoms with Crippen molar-refractivity contribution >= 4 is 17.7 Å². The van der Waals surface area contributed by atoms with Gasteiger partial charge in [0.05, 0.1) is 0 Å². The largest absolute Gasteiger partial charge is 0.354 e. The summed E-state index contributed by atoms with van der Waals surface area (Å²) >= 11 is 0. The minimum absolute atomic E-state index is 0.102. The average molecular weight is 278 g/mol. The molecule has 2 heterocycles. The van der Waals surface area contributed by atoms with Gasteiger partial charge in [-0.25, -0.2) is 4.98 Å². The van der Waals surface area contributed by atoms with Gasteiger partial charge in [0.1, 0.15) is 5.82 Å². The fourth-order valence-electron chi connectivity index (χ4n) is 2.21. The van der Waals surface area contributed by atoms with E-state index in [0.717, 1.165) is 25.3 Å². The fraction of sp³-hybridized carbons (Fsp3) is 0.615. The minimum Gasteiger partial charge on any atom is -0.354 e. The summed E-state index contributed by atoms with van der Waals surface area (Å²) in [6, 6.07) is 2.09. The van der Waals surface area contributed by atoms with Gasteiger partial charge in [0.25, 0.3) is 0 Å². The Morgan fingerprint density at radius 2 is 2.45 bits per heavy atom. The topological polar surface area (TPSA) is 96.2 Å². The van der Waals surface area contributed by atoms with Crippen LogP contribution in [0.2, 0.25) is 0 Å². The summed E-state index contributed by atoms with van der Waals surface area (Å²) < 4.78 is 0. The Hall–Kier alpha value is -1.89. The molecule has 7 nitrogen and oxygen atoms in total. The second-order valence-corrected chi connectivity index (χ2v) is 4.81. The third-order valence-electron chi connectivity index (χ3n) is 3.27. The van der Waals surface area contributed by atoms with E-state index in [4.69, 9.17) is 5.73 Å². The van der Waals surface area contributed by atoms with Gasteiger partial charge in [-0.15, -0.1) is 0 Å². The van der Waals surface area contributed by atoms with Crippen molar-refractivity contribution < 1.29 is 4.79 Å². The molecule has 2 rings (SSSR count). The molecule has 0 radical (unpaired) electrons. The SMILES string of the molecule is CCC(=O)NC1CCN(c2ccnc(NCCN)n2)C1. The van der Waals surface area contributed by atoms with Crippen molar-refractivity contribution in [2.24, 2.45) is 5.73 Å². The van der Waals surface area contributed by atoms with Gasteiger partial charge in [-0.05, 0) is 12.5 Å². The Morgan fingerprint density at radius 3 is 3.20 bits per heavy atom. The Morgan fingerprint density at radius 1 is 1.60 bits per heavy atom. The van der Waals surface area contributed by atoms with E-state index >= 15 is 0 Å². The van der Waals surface area contributed by atoms with Crippen LogP contribution in [0.5, 0.6) is 0 Å². The zero-order chi connectivity index (χ0) is 14.4. The summed E-state index contributed by atoms with van der Waals surface area (Å²) in [7, 11) is 0. The molecule has 1 fully saturated rings. The van der Waals surface area contributed by atoms with E-state index in [1.54, 1.807) is 6.20 Å². The van der Waals surface area contributed by atoms with Crippen molar-refractivity contribution in [3.63, 3.8) is 0 Å². The first-order valence-electron chi connectivity index (χ1n) is 7.04. The van der Waals surface area contributed by atoms with Crippen LogP contribution in [0.3, 0.4) is 0 Å². The second kappa shape index (κ2) is 7.04. The highest BCUT2D eigenvalue weighted by Crippen LogP contribution is 2.18. The molecule has 1 atom stereocenters. The molecule has 20 heavy (non-hydrogen) atoms. The normalized spacial score (nSPS) is 18.1. The Balaban J connectivity index is 1.93. The van der Waals surface area contributed by atoms with E-state index in [2.05, 4.69) is 25.5 Å². The molecule has 0 saturated carbocycles. The zero-order valence-corrected chi connectivity index (χ0v) is 11.8. The Kier molecular flexibility index (Phi) is 5.11. The highest BCUT2D eigenvalue weighted by Gasteiger charge is 2.24. The number of aromatic nitrogens is 2. The first-order valence-corrected chi connectivity index (χ1v) is 7.04. The first kappa shape index (κ1) is 14.5. The number of carbonyl (C=O) groups is 1. The summed E-state index contributed by atoms with van der Waals surface area (Å²) in [4.78, 5) is 22.2. The monoisotopic (exact) mass is 278 g/mol. The molecule has 1 aliphatic rings. The standard InChI is InChI=1S/C13H22N6O/c1-2-12(20)17-10-4-8-19(9-10)11-3-6-15-13(18-11)16-7-5-14/h3,6,10H,2,4-5,7-9,14H2,1H3,(H,17,20)(H,15,16,18). The van der Waals surface area contributed by atoms with Gasteiger partial charge in [0.2, 0.25) is 11.9 Å². The first-order chi connectivity index (χ1) is 9.72. The summed E-state index contributed by atoms with van der Waals surface area (Å²) in [6.45, 7) is 4.74. The fourth-order valence-corrected chi connectivity index (χ4v) is 2.21. The Bertz CT molecular complexity index is 452. The van der Waals surface area contributed by atoms with Crippen LogP contribution in [0.4, 0.5) is 11.8 Å². The molecule has 110 valence electrons. The van der Waals surface area contributed by atoms with Gasteiger partial charge >= 0.3 is 0 Å². The Labute approximate surface area is 119 Å². The molecule has 0 aromatic carbocycles. The number of rotatable bonds is 6. The van der Waals surface area contributed by atoms with E-state index in [1.807, 2.05) is 13.0 Å². The third-order valence-corrected chi connectivity index (χ3v) is 3.27. The number of anilines is 2. The summed E-state index contributed by atoms with van der Waals surface area (Å²) in [5, 5.41) is 6.09. The van der Waals surface area contributed by atoms with Crippen molar-refractivity contribution in [1.29, 1.82) is 0 Å². The predicted octanol–water partition coefficient (Wildman–Crippen LogP) is -0.0479. The van der Waals surface area contributed by atoms with Gasteiger partial charge in [-0.1, -0.05) is 6.92 Å². The lowest BCUT2D eigenvalue weighted by Gasteiger charge is -2.18. The van der Waals surface area contributed by atoms with Crippen molar-refractivity contribution in [3.05, 3.63) is 12.3 Å². The molecule has 1 aliphatic heterocycles. The van der Waals surface area contributed by atoms with Crippen LogP contribution in [0.25, 0.3) is 0 Å². The summed E-state index contributed by atoms with van der Waals surface area (Å²) in [6.07, 6.45) is 3.21. The molecular formula is C13H22N6O. The lowest BCUT2D eigenvalue weighted by Crippen LogP contribution is -2.36. The average Bonchev–Trinajstić information content (AvgIpc) is 2.93. The van der Waals surface area contributed by atoms with Crippen LogP contribution in [0.15, 0.2) is 12.3 Å². The zero-order valence-electron chi connectivity index (χ0n) is 11.8. The van der Waals surface area contributed by atoms with E-state index in [1.165, 1.54) is 0 Å². The number of hydrogen-bond donors (Lipinski definition) is 3. The number of nitrogens with two attached hydrogens (primary N) is 1. The van der Waals surface area contributed by atoms with Crippen molar-refractivity contribution in [2.45, 2.75) is 25.8 Å². The number of carbonyl (C=O) groups excluding carboxylic acids is 1. The van der Waals surface area contributed by atoms with Crippen LogP contribution < -0.4 is 21.3 Å². The summed E-state index contributed by atoms with van der Waals surface area (Å²) in [5.41, 5.74) is 5.45. The number of hydrogen-bond acceptors (Lipinski definition) is 6. The van der Waals surface area contributed by atoms with Gasteiger partial charge < -0.3 is 21.3 Å². The molecule has 1 aromatic heterocycles. The van der Waals surface area contributed by atoms with Crippen molar-refractivity contribution in [1.82, 2.24) is 15.3 Å². The molecular weight excluding hydrogens is 256 g/mol. The van der Waals surface area contributed by atoms with Crippen LogP contribution in [0.1, 0.15) is 19.8 Å². The van der Waals surface area contributed by atoms with E-state index in [-0.39, 0.29) is 11.9 Å². The number of nitrogens with one attached hydrogen (secondary N) is 2. The maximum atomic E-state index is 11.4. The van der Waals surface area contributed by atoms with Crippen molar-refractivity contribution in [3.8, 4) is 0 Å². The van der Waals surface area contributed by atoms with Gasteiger partial charge in [0, 0.05) is 44.8 Å². The maximum Gasteiger partial charge on any atom is 0.224 e. The van der Waals surface area contributed by atoms with Crippen LogP contribution in [-0.4, -0.2) is 48.1 Å². The second-order valence-electron chi connectivity index (χ2n) is 4.81. The molecule has 7 heteroatoms. The molecule has 0 aliphatic carbocycles. The lowest BCUT2D eigenvalue weighted by molar-refractivity contribution is -0.121. The highest BCUT2D eigenvalue weighted by molar-refractivity contribution is 5.76. The minimum atomic E-state index is 0.102. The molecule has 4 N–H and O–H groups in total. The molecule has 1 saturated heterocycles. The number of amides is 1. The van der Waals surface area contributed by atoms with Gasteiger partial charge in [0.15, 0.2) is 0 Å². The van der Waals surface area contributed by atoms with Crippen LogP contribution >= 0.6 is 0 Å². The smallest absolute Gasteiger partial charge is 0.224 e. The molecule has 0 bridgehead atoms. The van der Waals surface area contributed by atoms with E-state index in [9.17, 15) is 4.79 Å². The summed E-state index contributed by atoms with van der Waals surface area (Å²) in [5.74, 6) is 1.58. The van der Waals surface area contributed by atoms with Crippen molar-refractivity contribution in [2.75, 3.05) is 36.4 Å². The molecule has 0 spiro atoms. The van der Waals surface area contributed by atoms with Crippen LogP contribution in [-0.2, 0) is 4.79 Å². The van der Waals surface area contributed by atoms with E-state index in [0.29, 0.717) is 25.5 Å². The lowest BCUT2D eigenvalue weighted by atomic mass is 10.2.